The van der Waals surface area contributed by atoms with Gasteiger partial charge in [0, 0.05) is 18.5 Å². The molecule has 18 heavy (non-hydrogen) atoms. The van der Waals surface area contributed by atoms with Crippen LogP contribution in [-0.4, -0.2) is 31.0 Å². The molecule has 1 amide bonds. The van der Waals surface area contributed by atoms with Gasteiger partial charge in [0.1, 0.15) is 0 Å². The highest BCUT2D eigenvalue weighted by molar-refractivity contribution is 9.09. The van der Waals surface area contributed by atoms with Gasteiger partial charge in [0.2, 0.25) is 5.91 Å². The topological polar surface area (TPSA) is 38.3 Å². The molecule has 1 atom stereocenters. The Morgan fingerprint density at radius 2 is 2.06 bits per heavy atom. The average Bonchev–Trinajstić information content (AvgIpc) is 2.32. The van der Waals surface area contributed by atoms with Crippen LogP contribution in [-0.2, 0) is 16.0 Å². The number of hydrogen-bond acceptors (Lipinski definition) is 2. The number of ether oxygens (including phenoxy) is 1. The summed E-state index contributed by atoms with van der Waals surface area (Å²) < 4.78 is 5.01. The molecular weight excluding hydrogens is 294 g/mol. The maximum absolute atomic E-state index is 11.7. The zero-order chi connectivity index (χ0) is 13.4. The van der Waals surface area contributed by atoms with Crippen molar-refractivity contribution in [2.45, 2.75) is 24.6 Å². The molecule has 1 unspecified atom stereocenters. The number of methoxy groups -OCH3 is 1. The van der Waals surface area contributed by atoms with Crippen LogP contribution in [0.4, 0.5) is 0 Å². The molecule has 0 aromatic heterocycles. The number of hydrogen-bond donors (Lipinski definition) is 1. The molecule has 0 saturated carbocycles. The molecule has 0 saturated heterocycles. The number of benzene rings is 1. The van der Waals surface area contributed by atoms with E-state index in [0.29, 0.717) is 24.4 Å². The zero-order valence-electron chi connectivity index (χ0n) is 10.9. The summed E-state index contributed by atoms with van der Waals surface area (Å²) in [4.78, 5) is 12.0. The van der Waals surface area contributed by atoms with Crippen LogP contribution in [0.5, 0.6) is 0 Å². The number of aryl methyl sites for hydroxylation is 1. The minimum Gasteiger partial charge on any atom is -0.384 e. The van der Waals surface area contributed by atoms with Crippen LogP contribution in [0.3, 0.4) is 0 Å². The zero-order valence-corrected chi connectivity index (χ0v) is 12.5. The monoisotopic (exact) mass is 313 g/mol. The fourth-order valence-electron chi connectivity index (χ4n) is 1.59. The number of halogens is 1. The van der Waals surface area contributed by atoms with Gasteiger partial charge in [0.05, 0.1) is 13.0 Å². The molecule has 1 rings (SSSR count). The predicted molar refractivity (Wildman–Crippen MR) is 77.1 cm³/mol. The van der Waals surface area contributed by atoms with Crippen LogP contribution < -0.4 is 5.32 Å². The van der Waals surface area contributed by atoms with Crippen molar-refractivity contribution in [2.75, 3.05) is 20.3 Å². The molecule has 0 aliphatic carbocycles. The van der Waals surface area contributed by atoms with E-state index in [1.54, 1.807) is 7.11 Å². The maximum Gasteiger partial charge on any atom is 0.224 e. The SMILES string of the molecule is COCC(Br)CCNC(=O)Cc1ccc(C)cc1. The molecule has 0 aliphatic rings. The largest absolute Gasteiger partial charge is 0.384 e. The first-order chi connectivity index (χ1) is 8.61. The van der Waals surface area contributed by atoms with Crippen LogP contribution in [0.25, 0.3) is 0 Å². The van der Waals surface area contributed by atoms with E-state index in [4.69, 9.17) is 4.74 Å². The third-order valence-electron chi connectivity index (χ3n) is 2.61. The Bertz CT molecular complexity index is 365. The maximum atomic E-state index is 11.7. The summed E-state index contributed by atoms with van der Waals surface area (Å²) in [5.74, 6) is 0.0657. The first kappa shape index (κ1) is 15.2. The van der Waals surface area contributed by atoms with Gasteiger partial charge < -0.3 is 10.1 Å². The Labute approximate surface area is 117 Å². The van der Waals surface area contributed by atoms with Crippen LogP contribution in [0, 0.1) is 6.92 Å². The number of rotatable bonds is 7. The van der Waals surface area contributed by atoms with Gasteiger partial charge in [0.15, 0.2) is 0 Å². The summed E-state index contributed by atoms with van der Waals surface area (Å²) in [5.41, 5.74) is 2.26. The Morgan fingerprint density at radius 3 is 2.67 bits per heavy atom. The van der Waals surface area contributed by atoms with Crippen molar-refractivity contribution in [1.29, 1.82) is 0 Å². The van der Waals surface area contributed by atoms with Crippen molar-refractivity contribution in [2.24, 2.45) is 0 Å². The van der Waals surface area contributed by atoms with Crippen LogP contribution in [0.15, 0.2) is 24.3 Å². The molecular formula is C14H20BrNO2. The number of carbonyl (C=O) groups is 1. The summed E-state index contributed by atoms with van der Waals surface area (Å²) in [7, 11) is 1.67. The van der Waals surface area contributed by atoms with Gasteiger partial charge in [-0.05, 0) is 18.9 Å². The lowest BCUT2D eigenvalue weighted by Gasteiger charge is -2.09. The Morgan fingerprint density at radius 1 is 1.39 bits per heavy atom. The van der Waals surface area contributed by atoms with Gasteiger partial charge in [-0.3, -0.25) is 4.79 Å². The molecule has 3 nitrogen and oxygen atoms in total. The van der Waals surface area contributed by atoms with Crippen LogP contribution >= 0.6 is 15.9 Å². The van der Waals surface area contributed by atoms with Crippen LogP contribution in [0.1, 0.15) is 17.5 Å². The van der Waals surface area contributed by atoms with E-state index in [1.807, 2.05) is 31.2 Å². The van der Waals surface area contributed by atoms with E-state index in [1.165, 1.54) is 5.56 Å². The summed E-state index contributed by atoms with van der Waals surface area (Å²) in [6.45, 7) is 3.37. The molecule has 0 fully saturated rings. The minimum absolute atomic E-state index is 0.0657. The molecule has 4 heteroatoms. The van der Waals surface area contributed by atoms with Gasteiger partial charge >= 0.3 is 0 Å². The molecule has 1 N–H and O–H groups in total. The van der Waals surface area contributed by atoms with Gasteiger partial charge in [-0.25, -0.2) is 0 Å². The number of amides is 1. The van der Waals surface area contributed by atoms with Gasteiger partial charge in [-0.1, -0.05) is 45.8 Å². The lowest BCUT2D eigenvalue weighted by molar-refractivity contribution is -0.120. The van der Waals surface area contributed by atoms with E-state index in [0.717, 1.165) is 12.0 Å². The van der Waals surface area contributed by atoms with Gasteiger partial charge in [-0.15, -0.1) is 0 Å². The van der Waals surface area contributed by atoms with Crippen molar-refractivity contribution in [3.05, 3.63) is 35.4 Å². The average molecular weight is 314 g/mol. The third-order valence-corrected chi connectivity index (χ3v) is 3.33. The molecule has 0 aliphatic heterocycles. The highest BCUT2D eigenvalue weighted by Gasteiger charge is 2.06. The summed E-state index contributed by atoms with van der Waals surface area (Å²) in [5, 5.41) is 2.91. The Hall–Kier alpha value is -0.870. The quantitative estimate of drug-likeness (QED) is 0.785. The minimum atomic E-state index is 0.0657. The molecule has 1 aromatic carbocycles. The van der Waals surface area contributed by atoms with Crippen molar-refractivity contribution < 1.29 is 9.53 Å². The van der Waals surface area contributed by atoms with E-state index < -0.39 is 0 Å². The Kier molecular flexibility index (Phi) is 6.98. The fourth-order valence-corrected chi connectivity index (χ4v) is 2.08. The molecule has 0 radical (unpaired) electrons. The number of nitrogens with one attached hydrogen (secondary N) is 1. The van der Waals surface area contributed by atoms with E-state index in [-0.39, 0.29) is 5.91 Å². The van der Waals surface area contributed by atoms with Crippen molar-refractivity contribution in [3.8, 4) is 0 Å². The van der Waals surface area contributed by atoms with Crippen LogP contribution in [0.2, 0.25) is 0 Å². The lowest BCUT2D eigenvalue weighted by Crippen LogP contribution is -2.28. The predicted octanol–water partition coefficient (Wildman–Crippen LogP) is 2.45. The lowest BCUT2D eigenvalue weighted by atomic mass is 10.1. The van der Waals surface area contributed by atoms with Gasteiger partial charge in [0.25, 0.3) is 0 Å². The van der Waals surface area contributed by atoms with Crippen molar-refractivity contribution in [3.63, 3.8) is 0 Å². The highest BCUT2D eigenvalue weighted by atomic mass is 79.9. The first-order valence-electron chi connectivity index (χ1n) is 6.07. The normalized spacial score (nSPS) is 12.2. The smallest absolute Gasteiger partial charge is 0.224 e. The number of carbonyl (C=O) groups excluding carboxylic acids is 1. The van der Waals surface area contributed by atoms with Crippen molar-refractivity contribution >= 4 is 21.8 Å². The fraction of sp³-hybridized carbons (Fsp3) is 0.500. The molecule has 0 bridgehead atoms. The van der Waals surface area contributed by atoms with Crippen molar-refractivity contribution in [1.82, 2.24) is 5.32 Å². The second kappa shape index (κ2) is 8.27. The van der Waals surface area contributed by atoms with E-state index in [2.05, 4.69) is 21.2 Å². The third kappa shape index (κ3) is 6.17. The number of alkyl halides is 1. The molecule has 1 aromatic rings. The molecule has 0 spiro atoms. The summed E-state index contributed by atoms with van der Waals surface area (Å²) >= 11 is 3.49. The standard InChI is InChI=1S/C14H20BrNO2/c1-11-3-5-12(6-4-11)9-14(17)16-8-7-13(15)10-18-2/h3-6,13H,7-10H2,1-2H3,(H,16,17). The summed E-state index contributed by atoms with van der Waals surface area (Å²) in [6, 6.07) is 8.03. The first-order valence-corrected chi connectivity index (χ1v) is 6.98. The summed E-state index contributed by atoms with van der Waals surface area (Å²) in [6.07, 6.45) is 1.31. The second-order valence-electron chi connectivity index (χ2n) is 4.35. The second-order valence-corrected chi connectivity index (χ2v) is 5.65. The highest BCUT2D eigenvalue weighted by Crippen LogP contribution is 2.05. The van der Waals surface area contributed by atoms with E-state index in [9.17, 15) is 4.79 Å². The molecule has 100 valence electrons. The van der Waals surface area contributed by atoms with Gasteiger partial charge in [-0.2, -0.15) is 0 Å². The molecule has 0 heterocycles. The Balaban J connectivity index is 2.23. The van der Waals surface area contributed by atoms with E-state index >= 15 is 0 Å².